The summed E-state index contributed by atoms with van der Waals surface area (Å²) in [6, 6.07) is 8.40. The lowest BCUT2D eigenvalue weighted by atomic mass is 10.2. The molecule has 0 saturated carbocycles. The van der Waals surface area contributed by atoms with Crippen molar-refractivity contribution in [1.82, 2.24) is 4.31 Å². The third-order valence-corrected chi connectivity index (χ3v) is 5.48. The van der Waals surface area contributed by atoms with Crippen molar-refractivity contribution in [1.29, 1.82) is 0 Å². The van der Waals surface area contributed by atoms with Crippen molar-refractivity contribution in [2.75, 3.05) is 13.2 Å². The van der Waals surface area contributed by atoms with Gasteiger partial charge >= 0.3 is 0 Å². The summed E-state index contributed by atoms with van der Waals surface area (Å²) in [6.45, 7) is 0.673. The van der Waals surface area contributed by atoms with Crippen molar-refractivity contribution < 1.29 is 22.0 Å². The molecule has 1 saturated heterocycles. The highest BCUT2D eigenvalue weighted by Crippen LogP contribution is 2.27. The second-order valence-corrected chi connectivity index (χ2v) is 6.93. The molecular weight excluding hydrogens is 309 g/mol. The van der Waals surface area contributed by atoms with Crippen LogP contribution in [0.5, 0.6) is 5.75 Å². The molecule has 1 fully saturated rings. The third-order valence-electron chi connectivity index (χ3n) is 3.64. The van der Waals surface area contributed by atoms with Gasteiger partial charge in [0.1, 0.15) is 18.2 Å². The van der Waals surface area contributed by atoms with Gasteiger partial charge in [0.15, 0.2) is 0 Å². The lowest BCUT2D eigenvalue weighted by Gasteiger charge is -2.23. The van der Waals surface area contributed by atoms with Crippen LogP contribution in [0, 0.1) is 5.82 Å². The molecule has 22 heavy (non-hydrogen) atoms. The summed E-state index contributed by atoms with van der Waals surface area (Å²) in [5.41, 5.74) is 0. The summed E-state index contributed by atoms with van der Waals surface area (Å²) < 4.78 is 49.8. The zero-order chi connectivity index (χ0) is 15.6. The molecule has 2 heterocycles. The van der Waals surface area contributed by atoms with E-state index < -0.39 is 10.0 Å². The largest absolute Gasteiger partial charge is 0.492 e. The molecule has 118 valence electrons. The maximum absolute atomic E-state index is 12.8. The Morgan fingerprint density at radius 1 is 1.27 bits per heavy atom. The smallest absolute Gasteiger partial charge is 0.276 e. The van der Waals surface area contributed by atoms with Gasteiger partial charge in [-0.1, -0.05) is 0 Å². The molecule has 0 unspecified atom stereocenters. The maximum atomic E-state index is 12.8. The number of hydrogen-bond donors (Lipinski definition) is 0. The number of hydrogen-bond acceptors (Lipinski definition) is 4. The number of nitrogens with zero attached hydrogens (tertiary/aromatic N) is 1. The minimum Gasteiger partial charge on any atom is -0.492 e. The predicted octanol–water partition coefficient (Wildman–Crippen LogP) is 2.65. The fraction of sp³-hybridized carbons (Fsp3) is 0.333. The summed E-state index contributed by atoms with van der Waals surface area (Å²) in [7, 11) is -3.63. The van der Waals surface area contributed by atoms with Gasteiger partial charge in [-0.05, 0) is 49.2 Å². The number of sulfonamides is 1. The van der Waals surface area contributed by atoms with Crippen molar-refractivity contribution in [3.05, 3.63) is 48.5 Å². The van der Waals surface area contributed by atoms with E-state index in [4.69, 9.17) is 9.15 Å². The van der Waals surface area contributed by atoms with Crippen LogP contribution in [0.1, 0.15) is 12.8 Å². The van der Waals surface area contributed by atoms with Crippen molar-refractivity contribution in [3.8, 4) is 5.75 Å². The predicted molar refractivity (Wildman–Crippen MR) is 77.5 cm³/mol. The maximum Gasteiger partial charge on any atom is 0.276 e. The van der Waals surface area contributed by atoms with E-state index in [0.29, 0.717) is 12.3 Å². The summed E-state index contributed by atoms with van der Waals surface area (Å²) in [4.78, 5) is 0. The zero-order valence-corrected chi connectivity index (χ0v) is 12.6. The molecule has 7 heteroatoms. The van der Waals surface area contributed by atoms with Crippen LogP contribution in [0.25, 0.3) is 0 Å². The molecule has 1 aromatic heterocycles. The fourth-order valence-electron chi connectivity index (χ4n) is 2.54. The van der Waals surface area contributed by atoms with Gasteiger partial charge in [0.25, 0.3) is 10.0 Å². The quantitative estimate of drug-likeness (QED) is 0.848. The Labute approximate surface area is 128 Å². The van der Waals surface area contributed by atoms with Crippen LogP contribution in [-0.4, -0.2) is 31.9 Å². The van der Waals surface area contributed by atoms with Crippen LogP contribution in [0.3, 0.4) is 0 Å². The van der Waals surface area contributed by atoms with E-state index in [1.807, 2.05) is 0 Å². The van der Waals surface area contributed by atoms with Crippen LogP contribution < -0.4 is 4.74 Å². The van der Waals surface area contributed by atoms with E-state index >= 15 is 0 Å². The molecular formula is C15H16FNO4S. The highest BCUT2D eigenvalue weighted by atomic mass is 32.2. The Morgan fingerprint density at radius 3 is 2.73 bits per heavy atom. The van der Waals surface area contributed by atoms with Crippen LogP contribution in [0.2, 0.25) is 0 Å². The summed E-state index contributed by atoms with van der Waals surface area (Å²) >= 11 is 0. The number of rotatable bonds is 5. The highest BCUT2D eigenvalue weighted by Gasteiger charge is 2.37. The summed E-state index contributed by atoms with van der Waals surface area (Å²) in [6.07, 6.45) is 2.84. The molecule has 1 atom stereocenters. The Balaban J connectivity index is 1.70. The van der Waals surface area contributed by atoms with E-state index in [9.17, 15) is 12.8 Å². The first-order valence-electron chi connectivity index (χ1n) is 7.01. The van der Waals surface area contributed by atoms with Crippen molar-refractivity contribution in [2.24, 2.45) is 0 Å². The van der Waals surface area contributed by atoms with Gasteiger partial charge in [-0.15, -0.1) is 0 Å². The third kappa shape index (κ3) is 3.00. The molecule has 0 bridgehead atoms. The minimum atomic E-state index is -3.63. The fourth-order valence-corrected chi connectivity index (χ4v) is 4.13. The molecule has 2 aromatic rings. The van der Waals surface area contributed by atoms with E-state index in [1.54, 1.807) is 6.07 Å². The number of halogens is 1. The van der Waals surface area contributed by atoms with Gasteiger partial charge in [0.05, 0.1) is 12.3 Å². The molecule has 0 aliphatic carbocycles. The second kappa shape index (κ2) is 6.10. The van der Waals surface area contributed by atoms with Gasteiger partial charge < -0.3 is 9.15 Å². The van der Waals surface area contributed by atoms with Crippen LogP contribution in [0.15, 0.2) is 52.2 Å². The molecule has 0 N–H and O–H groups in total. The van der Waals surface area contributed by atoms with Crippen LogP contribution in [0.4, 0.5) is 4.39 Å². The standard InChI is InChI=1S/C15H16FNO4S/c16-12-5-7-14(8-6-12)21-11-13-3-1-9-17(13)22(18,19)15-4-2-10-20-15/h2,4-8,10,13H,1,3,9,11H2/t13-/m0/s1. The van der Waals surface area contributed by atoms with Gasteiger partial charge in [0.2, 0.25) is 5.09 Å². The summed E-state index contributed by atoms with van der Waals surface area (Å²) in [5, 5.41) is -0.0545. The van der Waals surface area contributed by atoms with Crippen LogP contribution >= 0.6 is 0 Å². The lowest BCUT2D eigenvalue weighted by Crippen LogP contribution is -2.38. The molecule has 1 aliphatic heterocycles. The first-order valence-corrected chi connectivity index (χ1v) is 8.45. The minimum absolute atomic E-state index is 0.0545. The average molecular weight is 325 g/mol. The molecule has 0 radical (unpaired) electrons. The van der Waals surface area contributed by atoms with Crippen LogP contribution in [-0.2, 0) is 10.0 Å². The molecule has 1 aromatic carbocycles. The van der Waals surface area contributed by atoms with Gasteiger partial charge in [-0.25, -0.2) is 12.8 Å². The number of furan rings is 1. The average Bonchev–Trinajstić information content (AvgIpc) is 3.18. The SMILES string of the molecule is O=S(=O)(c1ccco1)N1CCC[C@H]1COc1ccc(F)cc1. The monoisotopic (exact) mass is 325 g/mol. The van der Waals surface area contributed by atoms with Crippen molar-refractivity contribution in [2.45, 2.75) is 24.0 Å². The Morgan fingerprint density at radius 2 is 2.05 bits per heavy atom. The topological polar surface area (TPSA) is 59.8 Å². The normalized spacial score (nSPS) is 19.4. The highest BCUT2D eigenvalue weighted by molar-refractivity contribution is 7.89. The van der Waals surface area contributed by atoms with Gasteiger partial charge in [-0.2, -0.15) is 4.31 Å². The number of benzene rings is 1. The number of ether oxygens (including phenoxy) is 1. The second-order valence-electron chi connectivity index (χ2n) is 5.11. The lowest BCUT2D eigenvalue weighted by molar-refractivity contribution is 0.230. The zero-order valence-electron chi connectivity index (χ0n) is 11.8. The molecule has 0 spiro atoms. The Bertz CT molecular complexity index is 713. The van der Waals surface area contributed by atoms with Crippen molar-refractivity contribution in [3.63, 3.8) is 0 Å². The van der Waals surface area contributed by atoms with E-state index in [2.05, 4.69) is 0 Å². The summed E-state index contributed by atoms with van der Waals surface area (Å²) in [5.74, 6) is 0.180. The first kappa shape index (κ1) is 15.1. The molecule has 5 nitrogen and oxygen atoms in total. The van der Waals surface area contributed by atoms with E-state index in [0.717, 1.165) is 12.8 Å². The van der Waals surface area contributed by atoms with Gasteiger partial charge in [0, 0.05) is 6.54 Å². The Hall–Kier alpha value is -1.86. The van der Waals surface area contributed by atoms with Gasteiger partial charge in [-0.3, -0.25) is 0 Å². The van der Waals surface area contributed by atoms with E-state index in [-0.39, 0.29) is 23.6 Å². The Kier molecular flexibility index (Phi) is 4.17. The van der Waals surface area contributed by atoms with E-state index in [1.165, 1.54) is 40.9 Å². The molecule has 3 rings (SSSR count). The van der Waals surface area contributed by atoms with Crippen molar-refractivity contribution >= 4 is 10.0 Å². The first-order chi connectivity index (χ1) is 10.6. The molecule has 1 aliphatic rings. The molecule has 0 amide bonds.